The Hall–Kier alpha value is -3.42. The predicted molar refractivity (Wildman–Crippen MR) is 115 cm³/mol. The number of fused-ring (bicyclic) bond motifs is 1. The Morgan fingerprint density at radius 1 is 1.22 bits per heavy atom. The number of hydrogen-bond donors (Lipinski definition) is 1. The largest absolute Gasteiger partial charge is 0.366 e. The summed E-state index contributed by atoms with van der Waals surface area (Å²) in [4.78, 5) is 29.7. The first kappa shape index (κ1) is 21.8. The summed E-state index contributed by atoms with van der Waals surface area (Å²) in [5.74, 6) is -0.814. The van der Waals surface area contributed by atoms with Gasteiger partial charge in [0.1, 0.15) is 11.9 Å². The fraction of sp³-hybridized carbons (Fsp3) is 0.391. The van der Waals surface area contributed by atoms with Gasteiger partial charge in [0.25, 0.3) is 5.91 Å². The van der Waals surface area contributed by atoms with Gasteiger partial charge in [-0.15, -0.1) is 0 Å². The second-order valence-corrected chi connectivity index (χ2v) is 8.07. The molecule has 1 fully saturated rings. The van der Waals surface area contributed by atoms with Crippen molar-refractivity contribution in [3.63, 3.8) is 0 Å². The predicted octanol–water partition coefficient (Wildman–Crippen LogP) is 3.27. The number of azide groups is 1. The van der Waals surface area contributed by atoms with Crippen LogP contribution >= 0.6 is 0 Å². The topological polar surface area (TPSA) is 107 Å². The molecular formula is C23H24FN5O3. The maximum Gasteiger partial charge on any atom is 0.252 e. The molecular weight excluding hydrogens is 413 g/mol. The number of halogens is 1. The van der Waals surface area contributed by atoms with Crippen LogP contribution in [0.2, 0.25) is 0 Å². The van der Waals surface area contributed by atoms with E-state index in [9.17, 15) is 14.0 Å². The van der Waals surface area contributed by atoms with Gasteiger partial charge >= 0.3 is 0 Å². The second-order valence-electron chi connectivity index (χ2n) is 8.07. The van der Waals surface area contributed by atoms with Gasteiger partial charge in [0.2, 0.25) is 5.91 Å². The molecule has 4 atom stereocenters. The summed E-state index contributed by atoms with van der Waals surface area (Å²) in [6, 6.07) is 12.6. The van der Waals surface area contributed by atoms with Crippen molar-refractivity contribution >= 4 is 11.8 Å². The summed E-state index contributed by atoms with van der Waals surface area (Å²) in [6.45, 7) is 1.94. The van der Waals surface area contributed by atoms with E-state index in [1.54, 1.807) is 17.0 Å². The third-order valence-electron chi connectivity index (χ3n) is 6.01. The number of ether oxygens (including phenoxy) is 1. The molecule has 0 saturated carbocycles. The van der Waals surface area contributed by atoms with Crippen LogP contribution in [0.25, 0.3) is 10.4 Å². The molecule has 4 rings (SSSR count). The maximum atomic E-state index is 13.6. The minimum atomic E-state index is -0.802. The number of hydrogen-bond acceptors (Lipinski definition) is 4. The summed E-state index contributed by atoms with van der Waals surface area (Å²) in [7, 11) is 0. The number of nitrogens with one attached hydrogen (secondary N) is 1. The fourth-order valence-electron chi connectivity index (χ4n) is 4.54. The average molecular weight is 437 g/mol. The van der Waals surface area contributed by atoms with Crippen molar-refractivity contribution in [2.24, 2.45) is 5.11 Å². The van der Waals surface area contributed by atoms with Gasteiger partial charge in [-0.05, 0) is 47.2 Å². The van der Waals surface area contributed by atoms with E-state index in [2.05, 4.69) is 15.3 Å². The third-order valence-corrected chi connectivity index (χ3v) is 6.01. The molecule has 2 aromatic rings. The SMILES string of the molecule is CC(=O)N[C@H]1CO[C@@H](C(=O)N2CCc3ccccc3[C@@H]2c2ccc(F)cc2)C[C@@H]1N=[N+]=[N-]. The van der Waals surface area contributed by atoms with Crippen molar-refractivity contribution in [2.45, 2.75) is 44.0 Å². The van der Waals surface area contributed by atoms with Crippen molar-refractivity contribution < 1.29 is 18.7 Å². The van der Waals surface area contributed by atoms with E-state index in [1.807, 2.05) is 24.3 Å². The van der Waals surface area contributed by atoms with Crippen LogP contribution in [0, 0.1) is 5.82 Å². The van der Waals surface area contributed by atoms with Gasteiger partial charge in [-0.1, -0.05) is 41.5 Å². The highest BCUT2D eigenvalue weighted by atomic mass is 19.1. The van der Waals surface area contributed by atoms with Gasteiger partial charge in [-0.25, -0.2) is 4.39 Å². The Balaban J connectivity index is 1.62. The molecule has 8 nitrogen and oxygen atoms in total. The Morgan fingerprint density at radius 3 is 2.69 bits per heavy atom. The highest BCUT2D eigenvalue weighted by Gasteiger charge is 2.40. The summed E-state index contributed by atoms with van der Waals surface area (Å²) < 4.78 is 19.4. The number of amides is 2. The minimum absolute atomic E-state index is 0.0747. The smallest absolute Gasteiger partial charge is 0.252 e. The quantitative estimate of drug-likeness (QED) is 0.451. The van der Waals surface area contributed by atoms with E-state index in [0.717, 1.165) is 16.7 Å². The molecule has 0 spiro atoms. The molecule has 0 radical (unpaired) electrons. The molecule has 2 amide bonds. The molecule has 2 aromatic carbocycles. The first-order valence-electron chi connectivity index (χ1n) is 10.5. The van der Waals surface area contributed by atoms with Crippen molar-refractivity contribution in [1.29, 1.82) is 0 Å². The molecule has 2 aliphatic heterocycles. The van der Waals surface area contributed by atoms with E-state index >= 15 is 0 Å². The van der Waals surface area contributed by atoms with Crippen LogP contribution in [-0.4, -0.2) is 48.1 Å². The Labute approximate surface area is 185 Å². The first-order chi connectivity index (χ1) is 15.5. The van der Waals surface area contributed by atoms with E-state index in [-0.39, 0.29) is 36.7 Å². The summed E-state index contributed by atoms with van der Waals surface area (Å²) in [5, 5.41) is 6.51. The zero-order valence-electron chi connectivity index (χ0n) is 17.6. The van der Waals surface area contributed by atoms with Crippen LogP contribution in [0.1, 0.15) is 36.1 Å². The van der Waals surface area contributed by atoms with Crippen molar-refractivity contribution in [2.75, 3.05) is 13.2 Å². The molecule has 2 aliphatic rings. The zero-order valence-corrected chi connectivity index (χ0v) is 17.6. The monoisotopic (exact) mass is 437 g/mol. The Kier molecular flexibility index (Phi) is 6.39. The van der Waals surface area contributed by atoms with Gasteiger partial charge in [0, 0.05) is 18.4 Å². The van der Waals surface area contributed by atoms with Gasteiger partial charge in [0.05, 0.1) is 24.7 Å². The standard InChI is InChI=1S/C23H24FN5O3/c1-14(30)26-20-13-32-21(12-19(20)27-28-25)23(31)29-11-10-15-4-2-3-5-18(15)22(29)16-6-8-17(24)9-7-16/h2-9,19-22H,10-13H2,1H3,(H,26,30)/t19-,20-,21+,22-/m0/s1. The van der Waals surface area contributed by atoms with E-state index < -0.39 is 18.2 Å². The van der Waals surface area contributed by atoms with Gasteiger partial charge < -0.3 is 15.0 Å². The van der Waals surface area contributed by atoms with Crippen molar-refractivity contribution in [1.82, 2.24) is 10.2 Å². The lowest BCUT2D eigenvalue weighted by molar-refractivity contribution is -0.150. The highest BCUT2D eigenvalue weighted by molar-refractivity contribution is 5.82. The third kappa shape index (κ3) is 4.44. The second kappa shape index (κ2) is 9.38. The minimum Gasteiger partial charge on any atom is -0.366 e. The fourth-order valence-corrected chi connectivity index (χ4v) is 4.54. The Bertz CT molecular complexity index is 1050. The molecule has 0 aliphatic carbocycles. The Morgan fingerprint density at radius 2 is 1.97 bits per heavy atom. The number of benzene rings is 2. The van der Waals surface area contributed by atoms with Crippen LogP contribution < -0.4 is 5.32 Å². The normalized spacial score (nSPS) is 24.8. The lowest BCUT2D eigenvalue weighted by atomic mass is 9.87. The molecule has 2 heterocycles. The van der Waals surface area contributed by atoms with Crippen LogP contribution in [0.5, 0.6) is 0 Å². The van der Waals surface area contributed by atoms with Gasteiger partial charge in [-0.3, -0.25) is 9.59 Å². The van der Waals surface area contributed by atoms with Crippen LogP contribution in [0.4, 0.5) is 4.39 Å². The van der Waals surface area contributed by atoms with Crippen LogP contribution in [0.3, 0.4) is 0 Å². The van der Waals surface area contributed by atoms with Crippen LogP contribution in [-0.2, 0) is 20.7 Å². The molecule has 1 N–H and O–H groups in total. The number of rotatable bonds is 4. The number of carbonyl (C=O) groups excluding carboxylic acids is 2. The first-order valence-corrected chi connectivity index (χ1v) is 10.5. The lowest BCUT2D eigenvalue weighted by Gasteiger charge is -2.41. The van der Waals surface area contributed by atoms with Gasteiger partial charge in [0.15, 0.2) is 0 Å². The maximum absolute atomic E-state index is 13.6. The molecule has 0 aromatic heterocycles. The highest BCUT2D eigenvalue weighted by Crippen LogP contribution is 2.36. The lowest BCUT2D eigenvalue weighted by Crippen LogP contribution is -2.55. The summed E-state index contributed by atoms with van der Waals surface area (Å²) in [6.07, 6.45) is 0.0617. The van der Waals surface area contributed by atoms with E-state index in [4.69, 9.17) is 10.3 Å². The molecule has 9 heteroatoms. The van der Waals surface area contributed by atoms with Gasteiger partial charge in [-0.2, -0.15) is 0 Å². The van der Waals surface area contributed by atoms with Crippen molar-refractivity contribution in [3.05, 3.63) is 81.5 Å². The van der Waals surface area contributed by atoms with E-state index in [0.29, 0.717) is 13.0 Å². The van der Waals surface area contributed by atoms with Crippen LogP contribution in [0.15, 0.2) is 53.6 Å². The zero-order chi connectivity index (χ0) is 22.7. The summed E-state index contributed by atoms with van der Waals surface area (Å²) in [5.41, 5.74) is 11.9. The molecule has 32 heavy (non-hydrogen) atoms. The van der Waals surface area contributed by atoms with E-state index in [1.165, 1.54) is 19.1 Å². The molecule has 0 unspecified atom stereocenters. The summed E-state index contributed by atoms with van der Waals surface area (Å²) >= 11 is 0. The number of nitrogens with zero attached hydrogens (tertiary/aromatic N) is 4. The molecule has 0 bridgehead atoms. The van der Waals surface area contributed by atoms with Crippen molar-refractivity contribution in [3.8, 4) is 0 Å². The molecule has 166 valence electrons. The molecule has 1 saturated heterocycles. The average Bonchev–Trinajstić information content (AvgIpc) is 2.79. The number of carbonyl (C=O) groups is 2.